The van der Waals surface area contributed by atoms with Gasteiger partial charge in [-0.3, -0.25) is 0 Å². The summed E-state index contributed by atoms with van der Waals surface area (Å²) in [6.07, 6.45) is -0.666. The summed E-state index contributed by atoms with van der Waals surface area (Å²) in [5.41, 5.74) is -0.265. The number of nitrogens with one attached hydrogen (secondary N) is 1. The Morgan fingerprint density at radius 2 is 1.71 bits per heavy atom. The maximum absolute atomic E-state index is 10.0. The zero-order valence-corrected chi connectivity index (χ0v) is 13.8. The molecular weight excluding hydrogens is 266 g/mol. The SMILES string of the molecule is CC(OCC(O)CNC(C)(C)C(C)(C)O)c1ccccc1. The summed E-state index contributed by atoms with van der Waals surface area (Å²) in [7, 11) is 0. The highest BCUT2D eigenvalue weighted by Gasteiger charge is 2.34. The zero-order valence-electron chi connectivity index (χ0n) is 13.8. The highest BCUT2D eigenvalue weighted by atomic mass is 16.5. The first kappa shape index (κ1) is 18.1. The van der Waals surface area contributed by atoms with Gasteiger partial charge in [0.15, 0.2) is 0 Å². The van der Waals surface area contributed by atoms with E-state index in [0.29, 0.717) is 6.54 Å². The van der Waals surface area contributed by atoms with Crippen molar-refractivity contribution in [3.05, 3.63) is 35.9 Å². The minimum Gasteiger partial charge on any atom is -0.389 e. The van der Waals surface area contributed by atoms with E-state index in [2.05, 4.69) is 5.32 Å². The molecule has 1 rings (SSSR count). The number of hydrogen-bond donors (Lipinski definition) is 3. The van der Waals surface area contributed by atoms with E-state index in [-0.39, 0.29) is 12.7 Å². The van der Waals surface area contributed by atoms with Gasteiger partial charge in [0.1, 0.15) is 0 Å². The van der Waals surface area contributed by atoms with E-state index in [0.717, 1.165) is 5.56 Å². The topological polar surface area (TPSA) is 61.7 Å². The van der Waals surface area contributed by atoms with Gasteiger partial charge in [0, 0.05) is 12.1 Å². The average molecular weight is 295 g/mol. The Morgan fingerprint density at radius 3 is 2.24 bits per heavy atom. The minimum absolute atomic E-state index is 0.0526. The minimum atomic E-state index is -0.870. The number of hydrogen-bond acceptors (Lipinski definition) is 4. The lowest BCUT2D eigenvalue weighted by atomic mass is 9.86. The third kappa shape index (κ3) is 5.75. The summed E-state index contributed by atoms with van der Waals surface area (Å²) in [6, 6.07) is 9.92. The first-order valence-electron chi connectivity index (χ1n) is 7.45. The normalized spacial score (nSPS) is 15.8. The highest BCUT2D eigenvalue weighted by molar-refractivity contribution is 5.16. The maximum atomic E-state index is 10.0. The van der Waals surface area contributed by atoms with E-state index < -0.39 is 17.2 Å². The number of aliphatic hydroxyl groups is 2. The standard InChI is InChI=1S/C17H29NO3/c1-13(14-9-7-6-8-10-14)21-12-15(19)11-18-16(2,3)17(4,5)20/h6-10,13,15,18-20H,11-12H2,1-5H3. The summed E-state index contributed by atoms with van der Waals surface area (Å²) >= 11 is 0. The van der Waals surface area contributed by atoms with E-state index in [1.54, 1.807) is 13.8 Å². The molecule has 21 heavy (non-hydrogen) atoms. The number of benzene rings is 1. The van der Waals surface area contributed by atoms with Crippen LogP contribution in [0.2, 0.25) is 0 Å². The van der Waals surface area contributed by atoms with Crippen LogP contribution in [0.25, 0.3) is 0 Å². The van der Waals surface area contributed by atoms with Gasteiger partial charge in [-0.05, 0) is 40.2 Å². The van der Waals surface area contributed by atoms with Gasteiger partial charge < -0.3 is 20.3 Å². The fourth-order valence-electron chi connectivity index (χ4n) is 1.72. The lowest BCUT2D eigenvalue weighted by Gasteiger charge is -2.38. The molecule has 0 saturated carbocycles. The second kappa shape index (κ2) is 7.36. The van der Waals surface area contributed by atoms with E-state index in [1.165, 1.54) is 0 Å². The van der Waals surface area contributed by atoms with Crippen molar-refractivity contribution in [3.63, 3.8) is 0 Å². The maximum Gasteiger partial charge on any atom is 0.0898 e. The van der Waals surface area contributed by atoms with Gasteiger partial charge in [0.05, 0.1) is 24.4 Å². The second-order valence-electron chi connectivity index (χ2n) is 6.60. The molecular formula is C17H29NO3. The average Bonchev–Trinajstić information content (AvgIpc) is 2.42. The van der Waals surface area contributed by atoms with Gasteiger partial charge in [-0.15, -0.1) is 0 Å². The number of rotatable bonds is 8. The first-order valence-corrected chi connectivity index (χ1v) is 7.45. The Morgan fingerprint density at radius 1 is 1.14 bits per heavy atom. The molecule has 4 heteroatoms. The summed E-state index contributed by atoms with van der Waals surface area (Å²) < 4.78 is 5.69. The lowest BCUT2D eigenvalue weighted by molar-refractivity contribution is -0.0273. The molecule has 120 valence electrons. The largest absolute Gasteiger partial charge is 0.389 e. The Labute approximate surface area is 128 Å². The Balaban J connectivity index is 2.36. The first-order chi connectivity index (χ1) is 9.63. The molecule has 0 amide bonds. The molecule has 0 bridgehead atoms. The third-order valence-electron chi connectivity index (χ3n) is 4.12. The van der Waals surface area contributed by atoms with Crippen molar-refractivity contribution in [3.8, 4) is 0 Å². The van der Waals surface area contributed by atoms with Crippen molar-refractivity contribution in [1.29, 1.82) is 0 Å². The number of aliphatic hydroxyl groups excluding tert-OH is 1. The molecule has 2 atom stereocenters. The lowest BCUT2D eigenvalue weighted by Crippen LogP contribution is -2.57. The van der Waals surface area contributed by atoms with E-state index in [4.69, 9.17) is 4.74 Å². The molecule has 0 aliphatic heterocycles. The van der Waals surface area contributed by atoms with Crippen LogP contribution in [0, 0.1) is 0 Å². The van der Waals surface area contributed by atoms with E-state index in [1.807, 2.05) is 51.1 Å². The van der Waals surface area contributed by atoms with Gasteiger partial charge in [0.2, 0.25) is 0 Å². The molecule has 0 fully saturated rings. The molecule has 1 aromatic carbocycles. The third-order valence-corrected chi connectivity index (χ3v) is 4.12. The molecule has 0 heterocycles. The smallest absolute Gasteiger partial charge is 0.0898 e. The van der Waals surface area contributed by atoms with Crippen molar-refractivity contribution in [1.82, 2.24) is 5.32 Å². The summed E-state index contributed by atoms with van der Waals surface area (Å²) in [5, 5.41) is 23.2. The van der Waals surface area contributed by atoms with Crippen LogP contribution in [0.5, 0.6) is 0 Å². The van der Waals surface area contributed by atoms with Gasteiger partial charge in [-0.1, -0.05) is 30.3 Å². The molecule has 0 aliphatic carbocycles. The van der Waals surface area contributed by atoms with Crippen molar-refractivity contribution >= 4 is 0 Å². The van der Waals surface area contributed by atoms with Crippen LogP contribution in [0.1, 0.15) is 46.3 Å². The summed E-state index contributed by atoms with van der Waals surface area (Å²) in [4.78, 5) is 0. The Kier molecular flexibility index (Phi) is 6.35. The van der Waals surface area contributed by atoms with Crippen molar-refractivity contribution < 1.29 is 14.9 Å². The number of β-amino-alcohol motifs (C(OH)–C–C–N with tert-alkyl or cyclic N) is 1. The van der Waals surface area contributed by atoms with Crippen molar-refractivity contribution in [2.45, 2.75) is 58.0 Å². The highest BCUT2D eigenvalue weighted by Crippen LogP contribution is 2.20. The molecule has 3 N–H and O–H groups in total. The van der Waals surface area contributed by atoms with Gasteiger partial charge in [0.25, 0.3) is 0 Å². The zero-order chi connectivity index (χ0) is 16.1. The summed E-state index contributed by atoms with van der Waals surface area (Å²) in [5.74, 6) is 0. The predicted molar refractivity (Wildman–Crippen MR) is 85.2 cm³/mol. The van der Waals surface area contributed by atoms with Gasteiger partial charge >= 0.3 is 0 Å². The van der Waals surface area contributed by atoms with E-state index >= 15 is 0 Å². The van der Waals surface area contributed by atoms with Crippen LogP contribution in [-0.4, -0.2) is 40.6 Å². The van der Waals surface area contributed by atoms with Crippen LogP contribution in [0.4, 0.5) is 0 Å². The van der Waals surface area contributed by atoms with Crippen LogP contribution in [-0.2, 0) is 4.74 Å². The quantitative estimate of drug-likeness (QED) is 0.688. The molecule has 0 saturated heterocycles. The molecule has 0 aromatic heterocycles. The van der Waals surface area contributed by atoms with Crippen molar-refractivity contribution in [2.24, 2.45) is 0 Å². The Hall–Kier alpha value is -0.940. The molecule has 0 aliphatic rings. The molecule has 1 aromatic rings. The molecule has 4 nitrogen and oxygen atoms in total. The van der Waals surface area contributed by atoms with Gasteiger partial charge in [-0.25, -0.2) is 0 Å². The van der Waals surface area contributed by atoms with Crippen LogP contribution < -0.4 is 5.32 Å². The number of ether oxygens (including phenoxy) is 1. The van der Waals surface area contributed by atoms with Crippen molar-refractivity contribution in [2.75, 3.05) is 13.2 Å². The van der Waals surface area contributed by atoms with Gasteiger partial charge in [-0.2, -0.15) is 0 Å². The van der Waals surface area contributed by atoms with Crippen LogP contribution in [0.3, 0.4) is 0 Å². The molecule has 2 unspecified atom stereocenters. The predicted octanol–water partition coefficient (Wildman–Crippen LogP) is 2.26. The van der Waals surface area contributed by atoms with Crippen LogP contribution in [0.15, 0.2) is 30.3 Å². The monoisotopic (exact) mass is 295 g/mol. The second-order valence-corrected chi connectivity index (χ2v) is 6.60. The summed E-state index contributed by atoms with van der Waals surface area (Å²) in [6.45, 7) is 9.92. The Bertz CT molecular complexity index is 412. The van der Waals surface area contributed by atoms with E-state index in [9.17, 15) is 10.2 Å². The molecule has 0 radical (unpaired) electrons. The fourth-order valence-corrected chi connectivity index (χ4v) is 1.72. The molecule has 0 spiro atoms. The van der Waals surface area contributed by atoms with Crippen LogP contribution >= 0.6 is 0 Å². The fraction of sp³-hybridized carbons (Fsp3) is 0.647.